The molecule has 0 saturated carbocycles. The van der Waals surface area contributed by atoms with Gasteiger partial charge in [-0.1, -0.05) is 5.16 Å². The maximum absolute atomic E-state index is 9.77. The van der Waals surface area contributed by atoms with Gasteiger partial charge in [-0.25, -0.2) is 0 Å². The van der Waals surface area contributed by atoms with E-state index in [1.165, 1.54) is 0 Å². The van der Waals surface area contributed by atoms with Gasteiger partial charge in [0.2, 0.25) is 5.89 Å². The van der Waals surface area contributed by atoms with Gasteiger partial charge in [-0.15, -0.1) is 0 Å². The van der Waals surface area contributed by atoms with Crippen LogP contribution in [-0.4, -0.2) is 54.3 Å². The monoisotopic (exact) mass is 259 g/mol. The van der Waals surface area contributed by atoms with Crippen molar-refractivity contribution in [3.8, 4) is 0 Å². The largest absolute Gasteiger partial charge is 0.388 e. The molecule has 0 bridgehead atoms. The topological polar surface area (TPSA) is 104 Å². The van der Waals surface area contributed by atoms with Crippen molar-refractivity contribution in [2.45, 2.75) is 25.4 Å². The average molecular weight is 259 g/mol. The van der Waals surface area contributed by atoms with E-state index in [-0.39, 0.29) is 13.0 Å². The van der Waals surface area contributed by atoms with Crippen molar-refractivity contribution in [3.05, 3.63) is 11.7 Å². The number of aliphatic hydroxyl groups is 1. The number of nitrogens with zero attached hydrogens (tertiary/aromatic N) is 2. The molecule has 0 amide bonds. The summed E-state index contributed by atoms with van der Waals surface area (Å²) in [6, 6.07) is 0. The number of methoxy groups -OCH3 is 1. The highest BCUT2D eigenvalue weighted by Crippen LogP contribution is 2.10. The third kappa shape index (κ3) is 5.54. The van der Waals surface area contributed by atoms with Crippen LogP contribution in [0.4, 0.5) is 0 Å². The lowest BCUT2D eigenvalue weighted by molar-refractivity contribution is 0.0610. The van der Waals surface area contributed by atoms with E-state index in [9.17, 15) is 5.11 Å². The molecular weight excluding hydrogens is 238 g/mol. The Bertz CT molecular complexity index is 341. The molecule has 104 valence electrons. The van der Waals surface area contributed by atoms with E-state index < -0.39 is 5.60 Å². The normalized spacial score (nSPS) is 14.7. The van der Waals surface area contributed by atoms with Crippen molar-refractivity contribution >= 4 is 0 Å². The van der Waals surface area contributed by atoms with Crippen LogP contribution < -0.4 is 5.73 Å². The molecule has 7 nitrogen and oxygen atoms in total. The fourth-order valence-electron chi connectivity index (χ4n) is 1.27. The van der Waals surface area contributed by atoms with E-state index >= 15 is 0 Å². The number of ether oxygens (including phenoxy) is 2. The first kappa shape index (κ1) is 15.0. The van der Waals surface area contributed by atoms with Crippen molar-refractivity contribution < 1.29 is 19.1 Å². The van der Waals surface area contributed by atoms with Crippen molar-refractivity contribution in [1.82, 2.24) is 10.1 Å². The number of aromatic nitrogens is 2. The molecule has 1 heterocycles. The van der Waals surface area contributed by atoms with Gasteiger partial charge in [-0.05, 0) is 6.92 Å². The lowest BCUT2D eigenvalue weighted by Gasteiger charge is -2.17. The zero-order valence-electron chi connectivity index (χ0n) is 10.9. The fourth-order valence-corrected chi connectivity index (χ4v) is 1.27. The maximum Gasteiger partial charge on any atom is 0.229 e. The molecule has 0 spiro atoms. The molecule has 0 aromatic carbocycles. The highest BCUT2D eigenvalue weighted by molar-refractivity contribution is 4.92. The molecule has 0 saturated heterocycles. The second-order valence-electron chi connectivity index (χ2n) is 4.34. The van der Waals surface area contributed by atoms with E-state index in [1.54, 1.807) is 14.0 Å². The summed E-state index contributed by atoms with van der Waals surface area (Å²) < 4.78 is 15.2. The standard InChI is InChI=1S/C11H21N3O4/c1-11(15,8-12)7-10-13-9(14-18-10)3-4-17-6-5-16-2/h15H,3-8,12H2,1-2H3. The maximum atomic E-state index is 9.77. The van der Waals surface area contributed by atoms with E-state index in [2.05, 4.69) is 10.1 Å². The Balaban J connectivity index is 2.30. The summed E-state index contributed by atoms with van der Waals surface area (Å²) in [6.45, 7) is 3.39. The van der Waals surface area contributed by atoms with Crippen molar-refractivity contribution in [3.63, 3.8) is 0 Å². The Morgan fingerprint density at radius 1 is 1.39 bits per heavy atom. The Morgan fingerprint density at radius 2 is 2.17 bits per heavy atom. The molecule has 0 aliphatic heterocycles. The minimum absolute atomic E-state index is 0.144. The quantitative estimate of drug-likeness (QED) is 0.577. The van der Waals surface area contributed by atoms with Gasteiger partial charge in [0.05, 0.1) is 31.8 Å². The van der Waals surface area contributed by atoms with Gasteiger partial charge < -0.3 is 24.8 Å². The molecule has 1 aromatic heterocycles. The minimum atomic E-state index is -1.02. The lowest BCUT2D eigenvalue weighted by atomic mass is 10.0. The highest BCUT2D eigenvalue weighted by atomic mass is 16.5. The first-order chi connectivity index (χ1) is 8.57. The van der Waals surface area contributed by atoms with Crippen LogP contribution in [0.3, 0.4) is 0 Å². The summed E-state index contributed by atoms with van der Waals surface area (Å²) in [5.41, 5.74) is 4.40. The summed E-state index contributed by atoms with van der Waals surface area (Å²) in [4.78, 5) is 4.16. The summed E-state index contributed by atoms with van der Waals surface area (Å²) in [6.07, 6.45) is 0.818. The molecule has 1 aromatic rings. The Kier molecular flexibility index (Phi) is 6.20. The Labute approximate surface area is 106 Å². The Morgan fingerprint density at radius 3 is 2.83 bits per heavy atom. The molecule has 18 heavy (non-hydrogen) atoms. The van der Waals surface area contributed by atoms with Crippen LogP contribution in [0.2, 0.25) is 0 Å². The number of rotatable bonds is 9. The van der Waals surface area contributed by atoms with Gasteiger partial charge in [0, 0.05) is 20.1 Å². The summed E-state index contributed by atoms with van der Waals surface area (Å²) in [5.74, 6) is 0.951. The second kappa shape index (κ2) is 7.42. The third-order valence-corrected chi connectivity index (χ3v) is 2.38. The van der Waals surface area contributed by atoms with Gasteiger partial charge in [-0.2, -0.15) is 4.98 Å². The van der Waals surface area contributed by atoms with Gasteiger partial charge in [0.15, 0.2) is 5.82 Å². The van der Waals surface area contributed by atoms with Gasteiger partial charge in [0.1, 0.15) is 0 Å². The number of nitrogens with two attached hydrogens (primary N) is 1. The molecule has 1 atom stereocenters. The molecular formula is C11H21N3O4. The van der Waals surface area contributed by atoms with Crippen LogP contribution in [-0.2, 0) is 22.3 Å². The van der Waals surface area contributed by atoms with Crippen LogP contribution in [0.1, 0.15) is 18.6 Å². The van der Waals surface area contributed by atoms with Crippen molar-refractivity contribution in [1.29, 1.82) is 0 Å². The number of hydrogen-bond acceptors (Lipinski definition) is 7. The van der Waals surface area contributed by atoms with E-state index in [0.717, 1.165) is 0 Å². The van der Waals surface area contributed by atoms with Crippen LogP contribution >= 0.6 is 0 Å². The minimum Gasteiger partial charge on any atom is -0.388 e. The first-order valence-corrected chi connectivity index (χ1v) is 5.88. The Hall–Kier alpha value is -1.02. The van der Waals surface area contributed by atoms with Crippen LogP contribution in [0.25, 0.3) is 0 Å². The van der Waals surface area contributed by atoms with Gasteiger partial charge in [0.25, 0.3) is 0 Å². The van der Waals surface area contributed by atoms with Crippen molar-refractivity contribution in [2.24, 2.45) is 5.73 Å². The highest BCUT2D eigenvalue weighted by Gasteiger charge is 2.22. The molecule has 7 heteroatoms. The molecule has 3 N–H and O–H groups in total. The SMILES string of the molecule is COCCOCCc1noc(CC(C)(O)CN)n1. The van der Waals surface area contributed by atoms with Crippen LogP contribution in [0.5, 0.6) is 0 Å². The lowest BCUT2D eigenvalue weighted by Crippen LogP contribution is -2.36. The molecule has 0 aliphatic carbocycles. The zero-order chi connectivity index (χ0) is 13.4. The predicted octanol–water partition coefficient (Wildman–Crippen LogP) is -0.473. The van der Waals surface area contributed by atoms with Gasteiger partial charge in [-0.3, -0.25) is 0 Å². The molecule has 1 rings (SSSR count). The van der Waals surface area contributed by atoms with E-state index in [4.69, 9.17) is 19.7 Å². The number of hydrogen-bond donors (Lipinski definition) is 2. The molecule has 0 fully saturated rings. The average Bonchev–Trinajstić information content (AvgIpc) is 2.76. The second-order valence-corrected chi connectivity index (χ2v) is 4.34. The van der Waals surface area contributed by atoms with Crippen LogP contribution in [0.15, 0.2) is 4.52 Å². The summed E-state index contributed by atoms with van der Waals surface area (Å²) >= 11 is 0. The van der Waals surface area contributed by atoms with Gasteiger partial charge >= 0.3 is 0 Å². The molecule has 0 aliphatic rings. The summed E-state index contributed by atoms with van der Waals surface area (Å²) in [7, 11) is 1.62. The van der Waals surface area contributed by atoms with Crippen molar-refractivity contribution in [2.75, 3.05) is 33.5 Å². The molecule has 0 radical (unpaired) electrons. The fraction of sp³-hybridized carbons (Fsp3) is 0.818. The smallest absolute Gasteiger partial charge is 0.229 e. The van der Waals surface area contributed by atoms with E-state index in [0.29, 0.717) is 38.0 Å². The van der Waals surface area contributed by atoms with E-state index in [1.807, 2.05) is 0 Å². The van der Waals surface area contributed by atoms with Crippen LogP contribution in [0, 0.1) is 0 Å². The predicted molar refractivity (Wildman–Crippen MR) is 64.1 cm³/mol. The first-order valence-electron chi connectivity index (χ1n) is 5.88. The molecule has 1 unspecified atom stereocenters. The zero-order valence-corrected chi connectivity index (χ0v) is 10.9. The third-order valence-electron chi connectivity index (χ3n) is 2.38. The summed E-state index contributed by atoms with van der Waals surface area (Å²) in [5, 5.41) is 13.6.